The lowest BCUT2D eigenvalue weighted by molar-refractivity contribution is 0.179. The number of nitrogens with one attached hydrogen (secondary N) is 2. The summed E-state index contributed by atoms with van der Waals surface area (Å²) < 4.78 is 53.2. The van der Waals surface area contributed by atoms with E-state index < -0.39 is 23.8 Å². The van der Waals surface area contributed by atoms with Crippen LogP contribution in [0.3, 0.4) is 0 Å². The zero-order chi connectivity index (χ0) is 21.6. The van der Waals surface area contributed by atoms with Crippen LogP contribution in [0.15, 0.2) is 73.6 Å². The minimum Gasteiger partial charge on any atom is -0.341 e. The number of nitrogens with zero attached hydrogens (tertiary/aromatic N) is 1. The van der Waals surface area contributed by atoms with Gasteiger partial charge in [-0.3, -0.25) is 5.43 Å². The second-order valence-corrected chi connectivity index (χ2v) is 6.35. The van der Waals surface area contributed by atoms with E-state index in [4.69, 9.17) is 0 Å². The number of alkyl halides is 2. The van der Waals surface area contributed by atoms with E-state index >= 15 is 0 Å². The summed E-state index contributed by atoms with van der Waals surface area (Å²) in [5.41, 5.74) is 6.41. The second-order valence-electron chi connectivity index (χ2n) is 6.35. The molecule has 0 aliphatic carbocycles. The number of hydrogen-bond donors (Lipinski definition) is 2. The van der Waals surface area contributed by atoms with Crippen molar-refractivity contribution < 1.29 is 17.6 Å². The highest BCUT2D eigenvalue weighted by Gasteiger charge is 2.15. The Hall–Kier alpha value is -3.22. The quantitative estimate of drug-likeness (QED) is 0.390. The highest BCUT2D eigenvalue weighted by molar-refractivity contribution is 5.62. The lowest BCUT2D eigenvalue weighted by Gasteiger charge is -2.27. The Morgan fingerprint density at radius 1 is 1.03 bits per heavy atom. The molecule has 0 radical (unpaired) electrons. The van der Waals surface area contributed by atoms with Crippen LogP contribution in [0, 0.1) is 11.6 Å². The summed E-state index contributed by atoms with van der Waals surface area (Å²) in [7, 11) is 0. The van der Waals surface area contributed by atoms with E-state index in [2.05, 4.69) is 30.6 Å². The van der Waals surface area contributed by atoms with Crippen LogP contribution in [-0.4, -0.2) is 6.43 Å². The minimum absolute atomic E-state index is 0.155. The first-order valence-electron chi connectivity index (χ1n) is 8.90. The highest BCUT2D eigenvalue weighted by Crippen LogP contribution is 2.25. The van der Waals surface area contributed by atoms with Crippen molar-refractivity contribution >= 4 is 11.4 Å². The van der Waals surface area contributed by atoms with Gasteiger partial charge in [-0.25, -0.2) is 17.6 Å². The predicted octanol–water partition coefficient (Wildman–Crippen LogP) is 5.74. The van der Waals surface area contributed by atoms with Crippen molar-refractivity contribution in [3.05, 3.63) is 96.4 Å². The molecule has 2 rings (SSSR count). The molecule has 3 nitrogen and oxygen atoms in total. The molecule has 0 atom stereocenters. The third-order valence-electron chi connectivity index (χ3n) is 4.28. The van der Waals surface area contributed by atoms with Gasteiger partial charge >= 0.3 is 0 Å². The fraction of sp³-hybridized carbons (Fsp3) is 0.182. The van der Waals surface area contributed by atoms with Gasteiger partial charge in [0.15, 0.2) is 0 Å². The maximum Gasteiger partial charge on any atom is 0.279 e. The number of anilines is 1. The second kappa shape index (κ2) is 9.82. The molecule has 29 heavy (non-hydrogen) atoms. The molecule has 0 saturated heterocycles. The van der Waals surface area contributed by atoms with Crippen LogP contribution in [0.1, 0.15) is 24.5 Å². The van der Waals surface area contributed by atoms with Gasteiger partial charge in [0.2, 0.25) is 0 Å². The summed E-state index contributed by atoms with van der Waals surface area (Å²) in [5, 5.41) is 0. The van der Waals surface area contributed by atoms with Crippen molar-refractivity contribution in [1.82, 2.24) is 10.9 Å². The molecule has 0 unspecified atom stereocenters. The molecular weight excluding hydrogens is 382 g/mol. The van der Waals surface area contributed by atoms with E-state index in [1.165, 1.54) is 18.2 Å². The van der Waals surface area contributed by atoms with Crippen molar-refractivity contribution in [3.63, 3.8) is 0 Å². The summed E-state index contributed by atoms with van der Waals surface area (Å²) in [6.45, 7) is 12.9. The van der Waals surface area contributed by atoms with Crippen LogP contribution in [0.2, 0.25) is 0 Å². The van der Waals surface area contributed by atoms with E-state index in [0.717, 1.165) is 0 Å². The zero-order valence-corrected chi connectivity index (χ0v) is 16.1. The van der Waals surface area contributed by atoms with E-state index in [1.807, 2.05) is 6.92 Å². The van der Waals surface area contributed by atoms with Crippen molar-refractivity contribution in [3.8, 4) is 0 Å². The van der Waals surface area contributed by atoms with E-state index in [1.54, 1.807) is 29.2 Å². The maximum absolute atomic E-state index is 14.7. The lowest BCUT2D eigenvalue weighted by atomic mass is 10.1. The Balaban J connectivity index is 2.18. The Morgan fingerprint density at radius 3 is 2.34 bits per heavy atom. The summed E-state index contributed by atoms with van der Waals surface area (Å²) in [6.07, 6.45) is -2.13. The first kappa shape index (κ1) is 22.1. The Bertz CT molecular complexity index is 909. The van der Waals surface area contributed by atoms with E-state index in [9.17, 15) is 17.6 Å². The standard InChI is InChI=1S/C22H23F4N3/c1-5-14(2)29(20-8-6-7-19(23)12-20)13-18-10-9-17(11-21(18)24)15(3)27-28-16(4)22(25)26/h6-12,22,27-28H,2-5,13H2,1H3. The molecule has 0 spiro atoms. The van der Waals surface area contributed by atoms with E-state index in [0.29, 0.717) is 28.9 Å². The lowest BCUT2D eigenvalue weighted by Crippen LogP contribution is -2.31. The largest absolute Gasteiger partial charge is 0.341 e. The molecule has 0 amide bonds. The van der Waals surface area contributed by atoms with Gasteiger partial charge in [-0.1, -0.05) is 44.9 Å². The van der Waals surface area contributed by atoms with Gasteiger partial charge in [-0.2, -0.15) is 0 Å². The first-order chi connectivity index (χ1) is 13.7. The third-order valence-corrected chi connectivity index (χ3v) is 4.28. The van der Waals surface area contributed by atoms with Gasteiger partial charge < -0.3 is 10.3 Å². The molecule has 0 bridgehead atoms. The Morgan fingerprint density at radius 2 is 1.76 bits per heavy atom. The number of hydrogen-bond acceptors (Lipinski definition) is 3. The topological polar surface area (TPSA) is 27.3 Å². The molecule has 0 saturated carbocycles. The molecule has 2 N–H and O–H groups in total. The maximum atomic E-state index is 14.7. The van der Waals surface area contributed by atoms with E-state index in [-0.39, 0.29) is 12.2 Å². The van der Waals surface area contributed by atoms with Crippen molar-refractivity contribution in [2.45, 2.75) is 26.3 Å². The van der Waals surface area contributed by atoms with Crippen molar-refractivity contribution in [1.29, 1.82) is 0 Å². The minimum atomic E-state index is -2.74. The van der Waals surface area contributed by atoms with Crippen molar-refractivity contribution in [2.75, 3.05) is 4.90 Å². The van der Waals surface area contributed by atoms with Crippen LogP contribution >= 0.6 is 0 Å². The smallest absolute Gasteiger partial charge is 0.279 e. The summed E-state index contributed by atoms with van der Waals surface area (Å²) in [4.78, 5) is 1.74. The first-order valence-corrected chi connectivity index (χ1v) is 8.90. The van der Waals surface area contributed by atoms with Gasteiger partial charge in [0.25, 0.3) is 6.43 Å². The highest BCUT2D eigenvalue weighted by atomic mass is 19.3. The third kappa shape index (κ3) is 5.88. The molecular formula is C22H23F4N3. The van der Waals surface area contributed by atoms with Crippen LogP contribution in [-0.2, 0) is 6.54 Å². The summed E-state index contributed by atoms with van der Waals surface area (Å²) >= 11 is 0. The predicted molar refractivity (Wildman–Crippen MR) is 109 cm³/mol. The molecule has 0 heterocycles. The average molecular weight is 405 g/mol. The molecule has 0 aliphatic rings. The van der Waals surface area contributed by atoms with Gasteiger partial charge in [-0.05, 0) is 30.7 Å². The number of allylic oxidation sites excluding steroid dienone is 2. The normalized spacial score (nSPS) is 10.6. The zero-order valence-electron chi connectivity index (χ0n) is 16.1. The number of rotatable bonds is 10. The van der Waals surface area contributed by atoms with Gasteiger partial charge in [0, 0.05) is 22.5 Å². The summed E-state index contributed by atoms with van der Waals surface area (Å²) in [5.74, 6) is -0.907. The fourth-order valence-electron chi connectivity index (χ4n) is 2.54. The Labute approximate surface area is 168 Å². The van der Waals surface area contributed by atoms with Crippen LogP contribution in [0.4, 0.5) is 23.2 Å². The van der Waals surface area contributed by atoms with Crippen LogP contribution in [0.25, 0.3) is 5.70 Å². The number of benzene rings is 2. The number of hydrazine groups is 1. The van der Waals surface area contributed by atoms with Crippen LogP contribution < -0.4 is 15.8 Å². The van der Waals surface area contributed by atoms with Crippen LogP contribution in [0.5, 0.6) is 0 Å². The Kier molecular flexibility index (Phi) is 7.47. The number of halogens is 4. The van der Waals surface area contributed by atoms with Gasteiger partial charge in [-0.15, -0.1) is 0 Å². The molecule has 7 heteroatoms. The molecule has 2 aromatic rings. The monoisotopic (exact) mass is 405 g/mol. The summed E-state index contributed by atoms with van der Waals surface area (Å²) in [6, 6.07) is 10.4. The SMILES string of the molecule is C=C(NNC(=C)C(F)F)c1ccc(CN(C(=C)CC)c2cccc(F)c2)c(F)c1. The van der Waals surface area contributed by atoms with Crippen molar-refractivity contribution in [2.24, 2.45) is 0 Å². The molecule has 0 aromatic heterocycles. The van der Waals surface area contributed by atoms with Gasteiger partial charge in [0.05, 0.1) is 17.9 Å². The molecule has 0 fully saturated rings. The molecule has 0 aliphatic heterocycles. The molecule has 2 aromatic carbocycles. The average Bonchev–Trinajstić information content (AvgIpc) is 2.70. The molecule has 154 valence electrons. The fourth-order valence-corrected chi connectivity index (χ4v) is 2.54. The van der Waals surface area contributed by atoms with Gasteiger partial charge in [0.1, 0.15) is 11.6 Å².